The van der Waals surface area contributed by atoms with Crippen molar-refractivity contribution in [1.29, 1.82) is 0 Å². The Kier molecular flexibility index (Phi) is 4.99. The van der Waals surface area contributed by atoms with E-state index in [9.17, 15) is 18.3 Å². The van der Waals surface area contributed by atoms with Gasteiger partial charge in [-0.3, -0.25) is 0 Å². The number of carbonyl (C=O) groups is 1. The molecule has 8 nitrogen and oxygen atoms in total. The summed E-state index contributed by atoms with van der Waals surface area (Å²) in [7, 11) is -3.73. The van der Waals surface area contributed by atoms with E-state index in [2.05, 4.69) is 30.9 Å². The van der Waals surface area contributed by atoms with Crippen LogP contribution in [0.25, 0.3) is 0 Å². The molecule has 0 spiro atoms. The first kappa shape index (κ1) is 20.7. The van der Waals surface area contributed by atoms with Crippen LogP contribution in [0.2, 0.25) is 0 Å². The van der Waals surface area contributed by atoms with Gasteiger partial charge in [-0.1, -0.05) is 27.7 Å². The molecule has 0 saturated carbocycles. The predicted molar refractivity (Wildman–Crippen MR) is 108 cm³/mol. The highest BCUT2D eigenvalue weighted by Crippen LogP contribution is 2.44. The smallest absolute Gasteiger partial charge is 0.341 e. The van der Waals surface area contributed by atoms with E-state index < -0.39 is 15.8 Å². The molecule has 0 atom stereocenters. The number of hydrogen-bond donors (Lipinski definition) is 1. The van der Waals surface area contributed by atoms with E-state index in [-0.39, 0.29) is 33.6 Å². The lowest BCUT2D eigenvalue weighted by atomic mass is 9.91. The van der Waals surface area contributed by atoms with E-state index in [4.69, 9.17) is 0 Å². The Morgan fingerprint density at radius 2 is 1.89 bits per heavy atom. The topological polar surface area (TPSA) is 113 Å². The maximum Gasteiger partial charge on any atom is 0.341 e. The Hall–Kier alpha value is -2.07. The predicted octanol–water partition coefficient (Wildman–Crippen LogP) is 3.29. The zero-order valence-electron chi connectivity index (χ0n) is 16.2. The number of carboxylic acid groups (broad SMARTS) is 1. The molecule has 0 amide bonds. The Bertz CT molecular complexity index is 1080. The number of aromatic nitrogens is 3. The highest BCUT2D eigenvalue weighted by molar-refractivity contribution is 9.10. The van der Waals surface area contributed by atoms with Crippen LogP contribution in [0.15, 0.2) is 21.9 Å². The lowest BCUT2D eigenvalue weighted by Crippen LogP contribution is -2.28. The van der Waals surface area contributed by atoms with E-state index in [0.717, 1.165) is 11.9 Å². The van der Waals surface area contributed by atoms with Crippen LogP contribution >= 0.6 is 15.9 Å². The van der Waals surface area contributed by atoms with Crippen LogP contribution in [-0.2, 0) is 15.3 Å². The normalized spacial score (nSPS) is 15.8. The maximum atomic E-state index is 12.2. The van der Waals surface area contributed by atoms with Crippen molar-refractivity contribution in [1.82, 2.24) is 15.0 Å². The van der Waals surface area contributed by atoms with Crippen molar-refractivity contribution in [2.24, 2.45) is 0 Å². The van der Waals surface area contributed by atoms with Gasteiger partial charge in [-0.15, -0.1) is 0 Å². The second-order valence-electron chi connectivity index (χ2n) is 7.79. The number of sulfone groups is 1. The number of anilines is 2. The minimum Gasteiger partial charge on any atom is -0.477 e. The summed E-state index contributed by atoms with van der Waals surface area (Å²) in [5, 5.41) is 9.51. The van der Waals surface area contributed by atoms with Crippen molar-refractivity contribution in [3.05, 3.63) is 33.7 Å². The molecule has 1 aliphatic heterocycles. The third kappa shape index (κ3) is 3.50. The van der Waals surface area contributed by atoms with Crippen molar-refractivity contribution in [3.8, 4) is 0 Å². The van der Waals surface area contributed by atoms with E-state index in [1.807, 2.05) is 19.9 Å². The summed E-state index contributed by atoms with van der Waals surface area (Å²) in [5.74, 6) is -1.43. The van der Waals surface area contributed by atoms with Gasteiger partial charge < -0.3 is 10.0 Å². The van der Waals surface area contributed by atoms with Gasteiger partial charge in [-0.05, 0) is 34.0 Å². The summed E-state index contributed by atoms with van der Waals surface area (Å²) in [6, 6.07) is 3.58. The highest BCUT2D eigenvalue weighted by Gasteiger charge is 2.40. The zero-order chi connectivity index (χ0) is 21.0. The lowest BCUT2D eigenvalue weighted by Gasteiger charge is -2.24. The molecule has 0 bridgehead atoms. The minimum atomic E-state index is -3.73. The average Bonchev–Trinajstić information content (AvgIpc) is 2.83. The maximum absolute atomic E-state index is 12.2. The SMILES string of the molecule is CC(C)c1nc(S(C)(=O)=O)nc(N2CC(C)(C)c3nc(Br)ccc32)c1C(=O)O. The third-order valence-electron chi connectivity index (χ3n) is 4.57. The molecule has 2 aromatic rings. The molecule has 3 heterocycles. The summed E-state index contributed by atoms with van der Waals surface area (Å²) in [6.45, 7) is 7.93. The summed E-state index contributed by atoms with van der Waals surface area (Å²) in [5.41, 5.74) is 1.19. The van der Waals surface area contributed by atoms with Crippen LogP contribution in [-0.4, -0.2) is 47.2 Å². The molecule has 0 fully saturated rings. The molecule has 3 rings (SSSR count). The second kappa shape index (κ2) is 6.77. The molecule has 0 unspecified atom stereocenters. The molecular weight excluding hydrogens is 448 g/mol. The van der Waals surface area contributed by atoms with Gasteiger partial charge in [0.25, 0.3) is 0 Å². The second-order valence-corrected chi connectivity index (χ2v) is 10.5. The van der Waals surface area contributed by atoms with Gasteiger partial charge in [0.1, 0.15) is 10.2 Å². The van der Waals surface area contributed by atoms with Crippen LogP contribution in [0.3, 0.4) is 0 Å². The number of nitrogens with zero attached hydrogens (tertiary/aromatic N) is 4. The first-order valence-electron chi connectivity index (χ1n) is 8.63. The fourth-order valence-electron chi connectivity index (χ4n) is 3.32. The molecule has 1 aliphatic rings. The molecule has 28 heavy (non-hydrogen) atoms. The first-order valence-corrected chi connectivity index (χ1v) is 11.3. The Balaban J connectivity index is 2.36. The van der Waals surface area contributed by atoms with Gasteiger partial charge in [-0.2, -0.15) is 4.98 Å². The van der Waals surface area contributed by atoms with Crippen LogP contribution in [0.5, 0.6) is 0 Å². The number of halogens is 1. The Labute approximate surface area is 172 Å². The van der Waals surface area contributed by atoms with Crippen LogP contribution < -0.4 is 4.90 Å². The summed E-state index contributed by atoms with van der Waals surface area (Å²) in [4.78, 5) is 26.6. The molecular formula is C18H21BrN4O4S. The van der Waals surface area contributed by atoms with Gasteiger partial charge in [0, 0.05) is 18.2 Å². The quantitative estimate of drug-likeness (QED) is 0.536. The van der Waals surface area contributed by atoms with Crippen molar-refractivity contribution < 1.29 is 18.3 Å². The van der Waals surface area contributed by atoms with E-state index in [0.29, 0.717) is 16.8 Å². The fourth-order valence-corrected chi connectivity index (χ4v) is 4.14. The van der Waals surface area contributed by atoms with Crippen LogP contribution in [0, 0.1) is 0 Å². The number of pyridine rings is 1. The number of rotatable bonds is 4. The van der Waals surface area contributed by atoms with Gasteiger partial charge >= 0.3 is 5.97 Å². The lowest BCUT2D eigenvalue weighted by molar-refractivity contribution is 0.0694. The Morgan fingerprint density at radius 1 is 1.25 bits per heavy atom. The monoisotopic (exact) mass is 468 g/mol. The van der Waals surface area contributed by atoms with Crippen molar-refractivity contribution in [2.45, 2.75) is 44.2 Å². The third-order valence-corrected chi connectivity index (χ3v) is 5.86. The molecule has 0 aromatic carbocycles. The van der Waals surface area contributed by atoms with E-state index in [1.54, 1.807) is 24.8 Å². The van der Waals surface area contributed by atoms with Crippen LogP contribution in [0.4, 0.5) is 11.5 Å². The number of fused-ring (bicyclic) bond motifs is 1. The number of carboxylic acids is 1. The average molecular weight is 469 g/mol. The fraction of sp³-hybridized carbons (Fsp3) is 0.444. The highest BCUT2D eigenvalue weighted by atomic mass is 79.9. The van der Waals surface area contributed by atoms with Crippen molar-refractivity contribution in [2.75, 3.05) is 17.7 Å². The van der Waals surface area contributed by atoms with Gasteiger partial charge in [0.05, 0.1) is 17.1 Å². The number of aromatic carboxylic acids is 1. The summed E-state index contributed by atoms with van der Waals surface area (Å²) >= 11 is 3.37. The standard InChI is InChI=1S/C18H21BrN4O4S/c1-9(2)13-12(16(24)25)15(22-17(21-13)28(5,26)27)23-8-18(3,4)14-10(23)6-7-11(19)20-14/h6-7,9H,8H2,1-5H3,(H,24,25). The molecule has 0 saturated heterocycles. The summed E-state index contributed by atoms with van der Waals surface area (Å²) < 4.78 is 25.0. The Morgan fingerprint density at radius 3 is 2.43 bits per heavy atom. The molecule has 0 radical (unpaired) electrons. The molecule has 0 aliphatic carbocycles. The van der Waals surface area contributed by atoms with Gasteiger partial charge in [-0.25, -0.2) is 23.2 Å². The summed E-state index contributed by atoms with van der Waals surface area (Å²) in [6.07, 6.45) is 1.01. The molecule has 2 aromatic heterocycles. The molecule has 1 N–H and O–H groups in total. The molecule has 10 heteroatoms. The van der Waals surface area contributed by atoms with Crippen molar-refractivity contribution in [3.63, 3.8) is 0 Å². The van der Waals surface area contributed by atoms with Gasteiger partial charge in [0.2, 0.25) is 15.0 Å². The van der Waals surface area contributed by atoms with E-state index >= 15 is 0 Å². The molecule has 150 valence electrons. The minimum absolute atomic E-state index is 0.0718. The largest absolute Gasteiger partial charge is 0.477 e. The van der Waals surface area contributed by atoms with Crippen molar-refractivity contribution >= 4 is 43.2 Å². The van der Waals surface area contributed by atoms with Crippen LogP contribution in [0.1, 0.15) is 55.4 Å². The zero-order valence-corrected chi connectivity index (χ0v) is 18.6. The first-order chi connectivity index (χ1) is 12.8. The van der Waals surface area contributed by atoms with Gasteiger partial charge in [0.15, 0.2) is 5.82 Å². The number of hydrogen-bond acceptors (Lipinski definition) is 7. The van der Waals surface area contributed by atoms with E-state index in [1.165, 1.54) is 0 Å².